The zero-order chi connectivity index (χ0) is 16.1. The van der Waals surface area contributed by atoms with Gasteiger partial charge in [0, 0.05) is 17.1 Å². The van der Waals surface area contributed by atoms with E-state index in [0.29, 0.717) is 23.2 Å². The summed E-state index contributed by atoms with van der Waals surface area (Å²) in [5.74, 6) is 0.927. The second-order valence-electron chi connectivity index (χ2n) is 5.08. The van der Waals surface area contributed by atoms with Crippen molar-refractivity contribution in [3.8, 4) is 11.5 Å². The summed E-state index contributed by atoms with van der Waals surface area (Å²) >= 11 is 5.91. The van der Waals surface area contributed by atoms with E-state index in [4.69, 9.17) is 16.0 Å². The number of nitrogens with zero attached hydrogens (tertiary/aromatic N) is 1. The summed E-state index contributed by atoms with van der Waals surface area (Å²) in [4.78, 5) is 16.2. The average molecular weight is 327 g/mol. The Morgan fingerprint density at radius 1 is 1.13 bits per heavy atom. The van der Waals surface area contributed by atoms with E-state index >= 15 is 0 Å². The van der Waals surface area contributed by atoms with E-state index < -0.39 is 0 Å². The molecule has 0 aliphatic carbocycles. The van der Waals surface area contributed by atoms with Crippen molar-refractivity contribution in [2.45, 2.75) is 13.0 Å². The van der Waals surface area contributed by atoms with Gasteiger partial charge in [0.05, 0.1) is 12.6 Å². The minimum absolute atomic E-state index is 0.124. The third-order valence-electron chi connectivity index (χ3n) is 3.29. The quantitative estimate of drug-likeness (QED) is 0.774. The zero-order valence-corrected chi connectivity index (χ0v) is 13.1. The fourth-order valence-electron chi connectivity index (χ4n) is 2.17. The highest BCUT2D eigenvalue weighted by atomic mass is 35.5. The fraction of sp³-hybridized carbons (Fsp3) is 0.111. The van der Waals surface area contributed by atoms with E-state index in [2.05, 4.69) is 10.3 Å². The van der Waals surface area contributed by atoms with Crippen molar-refractivity contribution >= 4 is 17.5 Å². The van der Waals surface area contributed by atoms with Gasteiger partial charge in [0.2, 0.25) is 11.8 Å². The van der Waals surface area contributed by atoms with Crippen LogP contribution >= 0.6 is 11.6 Å². The van der Waals surface area contributed by atoms with Crippen LogP contribution in [0.5, 0.6) is 0 Å². The van der Waals surface area contributed by atoms with Crippen LogP contribution in [0.15, 0.2) is 65.2 Å². The number of hydrogen-bond donors (Lipinski definition) is 1. The lowest BCUT2D eigenvalue weighted by molar-refractivity contribution is -0.120. The van der Waals surface area contributed by atoms with Gasteiger partial charge in [0.25, 0.3) is 0 Å². The van der Waals surface area contributed by atoms with Crippen LogP contribution in [0.3, 0.4) is 0 Å². The SMILES string of the molecule is O=C(Cc1cnc(-c2ccccc2)o1)NCc1cccc(Cl)c1. The highest BCUT2D eigenvalue weighted by Crippen LogP contribution is 2.18. The van der Waals surface area contributed by atoms with Gasteiger partial charge in [0.1, 0.15) is 5.76 Å². The minimum Gasteiger partial charge on any atom is -0.441 e. The first-order chi connectivity index (χ1) is 11.2. The number of oxazole rings is 1. The van der Waals surface area contributed by atoms with E-state index in [9.17, 15) is 4.79 Å². The Bertz CT molecular complexity index is 800. The predicted molar refractivity (Wildman–Crippen MR) is 88.9 cm³/mol. The molecular formula is C18H15ClN2O2. The Hall–Kier alpha value is -2.59. The highest BCUT2D eigenvalue weighted by Gasteiger charge is 2.10. The fourth-order valence-corrected chi connectivity index (χ4v) is 2.38. The summed E-state index contributed by atoms with van der Waals surface area (Å²) < 4.78 is 5.62. The third kappa shape index (κ3) is 4.20. The van der Waals surface area contributed by atoms with Crippen molar-refractivity contribution in [3.63, 3.8) is 0 Å². The standard InChI is InChI=1S/C18H15ClN2O2/c19-15-8-4-5-13(9-15)11-20-17(22)10-16-12-21-18(23-16)14-6-2-1-3-7-14/h1-9,12H,10-11H2,(H,20,22). The Morgan fingerprint density at radius 2 is 1.96 bits per heavy atom. The van der Waals surface area contributed by atoms with Crippen molar-refractivity contribution in [2.75, 3.05) is 0 Å². The van der Waals surface area contributed by atoms with E-state index in [0.717, 1.165) is 11.1 Å². The molecule has 0 aliphatic rings. The molecule has 2 aromatic carbocycles. The molecule has 5 heteroatoms. The molecule has 0 saturated carbocycles. The maximum absolute atomic E-state index is 12.0. The molecular weight excluding hydrogens is 312 g/mol. The molecule has 1 heterocycles. The van der Waals surface area contributed by atoms with Crippen LogP contribution in [0.1, 0.15) is 11.3 Å². The molecule has 0 unspecified atom stereocenters. The molecule has 0 spiro atoms. The van der Waals surface area contributed by atoms with Gasteiger partial charge in [-0.3, -0.25) is 4.79 Å². The van der Waals surface area contributed by atoms with Gasteiger partial charge in [-0.15, -0.1) is 0 Å². The molecule has 0 aliphatic heterocycles. The minimum atomic E-state index is -0.124. The van der Waals surface area contributed by atoms with Crippen molar-refractivity contribution in [1.82, 2.24) is 10.3 Å². The van der Waals surface area contributed by atoms with Gasteiger partial charge < -0.3 is 9.73 Å². The van der Waals surface area contributed by atoms with Crippen molar-refractivity contribution < 1.29 is 9.21 Å². The predicted octanol–water partition coefficient (Wildman–Crippen LogP) is 3.85. The summed E-state index contributed by atoms with van der Waals surface area (Å²) in [6.07, 6.45) is 1.74. The number of carbonyl (C=O) groups excluding carboxylic acids is 1. The van der Waals surface area contributed by atoms with Gasteiger partial charge in [0.15, 0.2) is 0 Å². The Balaban J connectivity index is 1.57. The smallest absolute Gasteiger partial charge is 0.227 e. The van der Waals surface area contributed by atoms with E-state index in [1.807, 2.05) is 48.5 Å². The second-order valence-corrected chi connectivity index (χ2v) is 5.52. The number of benzene rings is 2. The molecule has 3 rings (SSSR count). The molecule has 1 aromatic heterocycles. The Kier molecular flexibility index (Phi) is 4.74. The van der Waals surface area contributed by atoms with Gasteiger partial charge in [-0.2, -0.15) is 0 Å². The average Bonchev–Trinajstić information content (AvgIpc) is 3.02. The number of carbonyl (C=O) groups is 1. The first-order valence-corrected chi connectivity index (χ1v) is 7.60. The van der Waals surface area contributed by atoms with Gasteiger partial charge in [-0.25, -0.2) is 4.98 Å². The van der Waals surface area contributed by atoms with Crippen LogP contribution in [0, 0.1) is 0 Å². The van der Waals surface area contributed by atoms with Gasteiger partial charge in [-0.05, 0) is 29.8 Å². The third-order valence-corrected chi connectivity index (χ3v) is 3.52. The molecule has 1 amide bonds. The van der Waals surface area contributed by atoms with Crippen LogP contribution in [0.2, 0.25) is 5.02 Å². The molecule has 0 bridgehead atoms. The Labute approximate surface area is 139 Å². The van der Waals surface area contributed by atoms with E-state index in [1.54, 1.807) is 12.3 Å². The maximum Gasteiger partial charge on any atom is 0.227 e. The number of hydrogen-bond acceptors (Lipinski definition) is 3. The number of halogens is 1. The maximum atomic E-state index is 12.0. The molecule has 23 heavy (non-hydrogen) atoms. The zero-order valence-electron chi connectivity index (χ0n) is 12.3. The van der Waals surface area contributed by atoms with Crippen LogP contribution < -0.4 is 5.32 Å². The van der Waals surface area contributed by atoms with E-state index in [-0.39, 0.29) is 12.3 Å². The summed E-state index contributed by atoms with van der Waals surface area (Å²) in [5, 5.41) is 3.49. The first-order valence-electron chi connectivity index (χ1n) is 7.22. The van der Waals surface area contributed by atoms with Gasteiger partial charge >= 0.3 is 0 Å². The molecule has 0 radical (unpaired) electrons. The molecule has 3 aromatic rings. The van der Waals surface area contributed by atoms with Crippen LogP contribution in [0.4, 0.5) is 0 Å². The van der Waals surface area contributed by atoms with Crippen LogP contribution in [0.25, 0.3) is 11.5 Å². The molecule has 1 N–H and O–H groups in total. The van der Waals surface area contributed by atoms with Crippen molar-refractivity contribution in [2.24, 2.45) is 0 Å². The normalized spacial score (nSPS) is 10.5. The molecule has 0 fully saturated rings. The summed E-state index contributed by atoms with van der Waals surface area (Å²) in [6, 6.07) is 17.0. The molecule has 0 atom stereocenters. The van der Waals surface area contributed by atoms with Crippen molar-refractivity contribution in [1.29, 1.82) is 0 Å². The Morgan fingerprint density at radius 3 is 2.74 bits per heavy atom. The number of aromatic nitrogens is 1. The summed E-state index contributed by atoms with van der Waals surface area (Å²) in [6.45, 7) is 0.430. The lowest BCUT2D eigenvalue weighted by Crippen LogP contribution is -2.24. The topological polar surface area (TPSA) is 55.1 Å². The highest BCUT2D eigenvalue weighted by molar-refractivity contribution is 6.30. The van der Waals surface area contributed by atoms with Crippen molar-refractivity contribution in [3.05, 3.63) is 77.1 Å². The number of rotatable bonds is 5. The monoisotopic (exact) mass is 326 g/mol. The first kappa shape index (κ1) is 15.3. The van der Waals surface area contributed by atoms with Crippen LogP contribution in [-0.4, -0.2) is 10.9 Å². The lowest BCUT2D eigenvalue weighted by Gasteiger charge is -2.04. The van der Waals surface area contributed by atoms with Gasteiger partial charge in [-0.1, -0.05) is 41.9 Å². The largest absolute Gasteiger partial charge is 0.441 e. The summed E-state index contributed by atoms with van der Waals surface area (Å²) in [5.41, 5.74) is 1.84. The second kappa shape index (κ2) is 7.11. The molecule has 4 nitrogen and oxygen atoms in total. The lowest BCUT2D eigenvalue weighted by atomic mass is 10.2. The van der Waals surface area contributed by atoms with Crippen LogP contribution in [-0.2, 0) is 17.8 Å². The number of amides is 1. The van der Waals surface area contributed by atoms with E-state index in [1.165, 1.54) is 0 Å². The summed E-state index contributed by atoms with van der Waals surface area (Å²) in [7, 11) is 0. The number of nitrogens with one attached hydrogen (secondary N) is 1. The molecule has 116 valence electrons. The molecule has 0 saturated heterocycles.